The van der Waals surface area contributed by atoms with Crippen molar-refractivity contribution in [3.8, 4) is 0 Å². The largest absolute Gasteiger partial charge is 0.383 e. The van der Waals surface area contributed by atoms with Crippen LogP contribution in [0.15, 0.2) is 24.3 Å². The summed E-state index contributed by atoms with van der Waals surface area (Å²) in [6.45, 7) is 5.74. The molecule has 0 aromatic heterocycles. The first-order valence-corrected chi connectivity index (χ1v) is 8.55. The number of nitrogens with zero attached hydrogens (tertiary/aromatic N) is 2. The van der Waals surface area contributed by atoms with Gasteiger partial charge in [0.15, 0.2) is 0 Å². The van der Waals surface area contributed by atoms with E-state index in [1.54, 1.807) is 7.11 Å². The molecule has 1 saturated heterocycles. The van der Waals surface area contributed by atoms with Gasteiger partial charge in [-0.2, -0.15) is 0 Å². The van der Waals surface area contributed by atoms with E-state index in [-0.39, 0.29) is 5.91 Å². The Morgan fingerprint density at radius 2 is 1.83 bits per heavy atom. The van der Waals surface area contributed by atoms with Gasteiger partial charge in [-0.05, 0) is 24.0 Å². The van der Waals surface area contributed by atoms with Crippen molar-refractivity contribution in [2.75, 3.05) is 53.0 Å². The number of methoxy groups -OCH3 is 1. The van der Waals surface area contributed by atoms with Gasteiger partial charge in [-0.25, -0.2) is 0 Å². The first kappa shape index (κ1) is 16.4. The van der Waals surface area contributed by atoms with Crippen LogP contribution in [0.5, 0.6) is 0 Å². The van der Waals surface area contributed by atoms with Crippen LogP contribution in [-0.4, -0.2) is 74.7 Å². The van der Waals surface area contributed by atoms with Crippen LogP contribution in [0.2, 0.25) is 0 Å². The van der Waals surface area contributed by atoms with E-state index in [1.807, 2.05) is 0 Å². The molecule has 0 atom stereocenters. The molecule has 0 saturated carbocycles. The summed E-state index contributed by atoms with van der Waals surface area (Å²) in [7, 11) is 1.65. The summed E-state index contributed by atoms with van der Waals surface area (Å²) in [5.74, 6) is 0.101. The number of benzene rings is 1. The maximum atomic E-state index is 11.9. The molecule has 23 heavy (non-hydrogen) atoms. The quantitative estimate of drug-likeness (QED) is 0.778. The third kappa shape index (κ3) is 4.31. The van der Waals surface area contributed by atoms with Crippen LogP contribution in [0.4, 0.5) is 0 Å². The molecule has 1 aromatic carbocycles. The summed E-state index contributed by atoms with van der Waals surface area (Å²) in [6, 6.07) is 9.44. The monoisotopic (exact) mass is 317 g/mol. The fourth-order valence-electron chi connectivity index (χ4n) is 3.63. The smallest absolute Gasteiger partial charge is 0.234 e. The van der Waals surface area contributed by atoms with E-state index < -0.39 is 0 Å². The van der Waals surface area contributed by atoms with Crippen molar-refractivity contribution in [1.29, 1.82) is 0 Å². The summed E-state index contributed by atoms with van der Waals surface area (Å²) >= 11 is 0. The highest BCUT2D eigenvalue weighted by atomic mass is 16.5. The molecule has 0 radical (unpaired) electrons. The van der Waals surface area contributed by atoms with Gasteiger partial charge in [0.2, 0.25) is 5.91 Å². The van der Waals surface area contributed by atoms with Crippen molar-refractivity contribution < 1.29 is 9.53 Å². The first-order chi connectivity index (χ1) is 11.3. The van der Waals surface area contributed by atoms with Crippen molar-refractivity contribution in [2.45, 2.75) is 18.9 Å². The number of fused-ring (bicyclic) bond motifs is 1. The second kappa shape index (κ2) is 7.90. The Kier molecular flexibility index (Phi) is 5.65. The van der Waals surface area contributed by atoms with Crippen LogP contribution in [0, 0.1) is 0 Å². The Bertz CT molecular complexity index is 502. The average molecular weight is 317 g/mol. The zero-order chi connectivity index (χ0) is 16.1. The number of rotatable bonds is 6. The molecular weight excluding hydrogens is 290 g/mol. The summed E-state index contributed by atoms with van der Waals surface area (Å²) in [6.07, 6.45) is 2.35. The van der Waals surface area contributed by atoms with Crippen LogP contribution in [0.3, 0.4) is 0 Å². The van der Waals surface area contributed by atoms with Crippen molar-refractivity contribution in [3.63, 3.8) is 0 Å². The minimum Gasteiger partial charge on any atom is -0.383 e. The lowest BCUT2D eigenvalue weighted by Gasteiger charge is -2.37. The van der Waals surface area contributed by atoms with Crippen molar-refractivity contribution in [3.05, 3.63) is 35.4 Å². The fourth-order valence-corrected chi connectivity index (χ4v) is 3.63. The Balaban J connectivity index is 1.40. The zero-order valence-corrected chi connectivity index (χ0v) is 14.0. The SMILES string of the molecule is COCCNC(=O)CN1CCN(C2Cc3ccccc3C2)CC1. The van der Waals surface area contributed by atoms with Gasteiger partial charge in [-0.15, -0.1) is 0 Å². The molecule has 126 valence electrons. The van der Waals surface area contributed by atoms with E-state index in [9.17, 15) is 4.79 Å². The molecule has 0 spiro atoms. The van der Waals surface area contributed by atoms with E-state index in [1.165, 1.54) is 24.0 Å². The molecule has 3 rings (SSSR count). The van der Waals surface area contributed by atoms with Crippen molar-refractivity contribution in [2.24, 2.45) is 0 Å². The predicted octanol–water partition coefficient (Wildman–Crippen LogP) is 0.534. The van der Waals surface area contributed by atoms with Gasteiger partial charge in [-0.3, -0.25) is 14.6 Å². The summed E-state index contributed by atoms with van der Waals surface area (Å²) < 4.78 is 4.94. The van der Waals surface area contributed by atoms with Crippen LogP contribution in [0.1, 0.15) is 11.1 Å². The topological polar surface area (TPSA) is 44.8 Å². The molecule has 0 bridgehead atoms. The fraction of sp³-hybridized carbons (Fsp3) is 0.611. The second-order valence-corrected chi connectivity index (χ2v) is 6.49. The van der Waals surface area contributed by atoms with Crippen LogP contribution >= 0.6 is 0 Å². The summed E-state index contributed by atoms with van der Waals surface area (Å²) in [5, 5.41) is 2.89. The molecule has 0 unspecified atom stereocenters. The number of ether oxygens (including phenoxy) is 1. The third-order valence-electron chi connectivity index (χ3n) is 4.95. The van der Waals surface area contributed by atoms with Gasteiger partial charge in [0.25, 0.3) is 0 Å². The van der Waals surface area contributed by atoms with Crippen molar-refractivity contribution >= 4 is 5.91 Å². The van der Waals surface area contributed by atoms with Gasteiger partial charge in [-0.1, -0.05) is 24.3 Å². The third-order valence-corrected chi connectivity index (χ3v) is 4.95. The highest BCUT2D eigenvalue weighted by Gasteiger charge is 2.29. The predicted molar refractivity (Wildman–Crippen MR) is 90.5 cm³/mol. The molecule has 1 aliphatic carbocycles. The minimum absolute atomic E-state index is 0.101. The molecule has 1 amide bonds. The van der Waals surface area contributed by atoms with Crippen LogP contribution in [0.25, 0.3) is 0 Å². The second-order valence-electron chi connectivity index (χ2n) is 6.49. The lowest BCUT2D eigenvalue weighted by molar-refractivity contribution is -0.122. The number of hydrogen-bond donors (Lipinski definition) is 1. The number of carbonyl (C=O) groups is 1. The molecule has 5 heteroatoms. The van der Waals surface area contributed by atoms with E-state index in [0.717, 1.165) is 26.2 Å². The summed E-state index contributed by atoms with van der Waals surface area (Å²) in [5.41, 5.74) is 3.02. The lowest BCUT2D eigenvalue weighted by atomic mass is 10.1. The van der Waals surface area contributed by atoms with E-state index in [4.69, 9.17) is 4.74 Å². The summed E-state index contributed by atoms with van der Waals surface area (Å²) in [4.78, 5) is 16.7. The number of piperazine rings is 1. The normalized spacial score (nSPS) is 19.7. The number of nitrogens with one attached hydrogen (secondary N) is 1. The standard InChI is InChI=1S/C18H27N3O2/c1-23-11-6-19-18(22)14-20-7-9-21(10-8-20)17-12-15-4-2-3-5-16(15)13-17/h2-5,17H,6-14H2,1H3,(H,19,22). The zero-order valence-electron chi connectivity index (χ0n) is 14.0. The molecule has 1 fully saturated rings. The lowest BCUT2D eigenvalue weighted by Crippen LogP contribution is -2.52. The van der Waals surface area contributed by atoms with Gasteiger partial charge in [0.05, 0.1) is 13.2 Å². The first-order valence-electron chi connectivity index (χ1n) is 8.55. The maximum Gasteiger partial charge on any atom is 0.234 e. The van der Waals surface area contributed by atoms with Crippen LogP contribution < -0.4 is 5.32 Å². The molecule has 1 aromatic rings. The van der Waals surface area contributed by atoms with Gasteiger partial charge >= 0.3 is 0 Å². The van der Waals surface area contributed by atoms with E-state index >= 15 is 0 Å². The number of amides is 1. The molecule has 1 aliphatic heterocycles. The molecule has 1 N–H and O–H groups in total. The number of carbonyl (C=O) groups excluding carboxylic acids is 1. The number of hydrogen-bond acceptors (Lipinski definition) is 4. The molecular formula is C18H27N3O2. The highest BCUT2D eigenvalue weighted by molar-refractivity contribution is 5.78. The molecule has 1 heterocycles. The maximum absolute atomic E-state index is 11.9. The van der Waals surface area contributed by atoms with Gasteiger partial charge in [0, 0.05) is 45.9 Å². The molecule has 5 nitrogen and oxygen atoms in total. The average Bonchev–Trinajstić information content (AvgIpc) is 3.00. The van der Waals surface area contributed by atoms with E-state index in [0.29, 0.717) is 25.7 Å². The van der Waals surface area contributed by atoms with Crippen LogP contribution in [-0.2, 0) is 22.4 Å². The Morgan fingerprint density at radius 1 is 1.17 bits per heavy atom. The van der Waals surface area contributed by atoms with Gasteiger partial charge in [0.1, 0.15) is 0 Å². The van der Waals surface area contributed by atoms with Crippen molar-refractivity contribution in [1.82, 2.24) is 15.1 Å². The Morgan fingerprint density at radius 3 is 2.43 bits per heavy atom. The van der Waals surface area contributed by atoms with Gasteiger partial charge < -0.3 is 10.1 Å². The Labute approximate surface area is 138 Å². The highest BCUT2D eigenvalue weighted by Crippen LogP contribution is 2.25. The Hall–Kier alpha value is -1.43. The van der Waals surface area contributed by atoms with E-state index in [2.05, 4.69) is 39.4 Å². The minimum atomic E-state index is 0.101. The molecule has 2 aliphatic rings.